The van der Waals surface area contributed by atoms with Crippen LogP contribution in [0.15, 0.2) is 23.6 Å². The lowest BCUT2D eigenvalue weighted by Gasteiger charge is -2.10. The van der Waals surface area contributed by atoms with Crippen molar-refractivity contribution in [1.82, 2.24) is 15.8 Å². The Labute approximate surface area is 155 Å². The van der Waals surface area contributed by atoms with Gasteiger partial charge in [0.15, 0.2) is 0 Å². The van der Waals surface area contributed by atoms with Crippen LogP contribution in [0.4, 0.5) is 0 Å². The first-order valence-electron chi connectivity index (χ1n) is 7.81. The quantitative estimate of drug-likeness (QED) is 0.570. The average Bonchev–Trinajstić information content (AvgIpc) is 2.96. The second-order valence-electron chi connectivity index (χ2n) is 5.49. The number of benzene rings is 1. The highest BCUT2D eigenvalue weighted by Crippen LogP contribution is 2.21. The van der Waals surface area contributed by atoms with E-state index in [0.717, 1.165) is 16.3 Å². The second kappa shape index (κ2) is 9.39. The normalized spacial score (nSPS) is 10.4. The van der Waals surface area contributed by atoms with E-state index in [2.05, 4.69) is 15.8 Å². The summed E-state index contributed by atoms with van der Waals surface area (Å²) in [5.41, 5.74) is 6.42. The molecule has 2 aromatic rings. The molecule has 6 nitrogen and oxygen atoms in total. The molecule has 0 bridgehead atoms. The SMILES string of the molecule is Cc1nc(CC(=O)NNC(=O)CCCOc2ccc(Cl)cc2C)cs1. The number of carbonyl (C=O) groups is 2. The number of thiazole rings is 1. The lowest BCUT2D eigenvalue weighted by atomic mass is 10.2. The summed E-state index contributed by atoms with van der Waals surface area (Å²) >= 11 is 7.37. The largest absolute Gasteiger partial charge is 0.493 e. The van der Waals surface area contributed by atoms with Gasteiger partial charge < -0.3 is 4.74 Å². The van der Waals surface area contributed by atoms with Crippen LogP contribution < -0.4 is 15.6 Å². The Kier molecular flexibility index (Phi) is 7.21. The molecule has 0 unspecified atom stereocenters. The van der Waals surface area contributed by atoms with Crippen molar-refractivity contribution < 1.29 is 14.3 Å². The van der Waals surface area contributed by atoms with Gasteiger partial charge in [-0.25, -0.2) is 4.98 Å². The number of hydrogen-bond acceptors (Lipinski definition) is 5. The van der Waals surface area contributed by atoms with Crippen molar-refractivity contribution in [1.29, 1.82) is 0 Å². The highest BCUT2D eigenvalue weighted by molar-refractivity contribution is 7.09. The van der Waals surface area contributed by atoms with Gasteiger partial charge in [0.1, 0.15) is 5.75 Å². The molecule has 0 saturated carbocycles. The molecular weight excluding hydrogens is 362 g/mol. The lowest BCUT2D eigenvalue weighted by Crippen LogP contribution is -2.42. The molecule has 1 aromatic heterocycles. The molecule has 0 saturated heterocycles. The van der Waals surface area contributed by atoms with E-state index in [9.17, 15) is 9.59 Å². The van der Waals surface area contributed by atoms with Crippen LogP contribution in [-0.4, -0.2) is 23.4 Å². The minimum atomic E-state index is -0.299. The molecule has 0 fully saturated rings. The minimum Gasteiger partial charge on any atom is -0.493 e. The van der Waals surface area contributed by atoms with Crippen molar-refractivity contribution >= 4 is 34.8 Å². The Morgan fingerprint density at radius 2 is 2.00 bits per heavy atom. The highest BCUT2D eigenvalue weighted by Gasteiger charge is 2.08. The molecule has 0 spiro atoms. The smallest absolute Gasteiger partial charge is 0.244 e. The van der Waals surface area contributed by atoms with E-state index in [-0.39, 0.29) is 24.7 Å². The van der Waals surface area contributed by atoms with E-state index in [4.69, 9.17) is 16.3 Å². The van der Waals surface area contributed by atoms with Crippen LogP contribution >= 0.6 is 22.9 Å². The summed E-state index contributed by atoms with van der Waals surface area (Å²) in [7, 11) is 0. The fourth-order valence-electron chi connectivity index (χ4n) is 2.09. The van der Waals surface area contributed by atoms with Gasteiger partial charge >= 0.3 is 0 Å². The first-order chi connectivity index (χ1) is 11.9. The number of aromatic nitrogens is 1. The summed E-state index contributed by atoms with van der Waals surface area (Å²) in [6.45, 7) is 4.19. The van der Waals surface area contributed by atoms with Crippen LogP contribution in [0, 0.1) is 13.8 Å². The standard InChI is InChI=1S/C17H20ClN3O3S/c1-11-8-13(18)5-6-15(11)24-7-3-4-16(22)20-21-17(23)9-14-10-25-12(2)19-14/h5-6,8,10H,3-4,7,9H2,1-2H3,(H,20,22)(H,21,23). The van der Waals surface area contributed by atoms with Crippen molar-refractivity contribution in [2.75, 3.05) is 6.61 Å². The van der Waals surface area contributed by atoms with Crippen molar-refractivity contribution in [2.24, 2.45) is 0 Å². The number of amides is 2. The highest BCUT2D eigenvalue weighted by atomic mass is 35.5. The van der Waals surface area contributed by atoms with Crippen LogP contribution in [0.25, 0.3) is 0 Å². The predicted octanol–water partition coefficient (Wildman–Crippen LogP) is 2.96. The summed E-state index contributed by atoms with van der Waals surface area (Å²) in [6.07, 6.45) is 0.932. The number of aryl methyl sites for hydroxylation is 2. The van der Waals surface area contributed by atoms with Crippen molar-refractivity contribution in [3.8, 4) is 5.75 Å². The number of carbonyl (C=O) groups excluding carboxylic acids is 2. The number of rotatable bonds is 7. The van der Waals surface area contributed by atoms with E-state index in [1.807, 2.05) is 25.3 Å². The number of halogens is 1. The maximum absolute atomic E-state index is 11.7. The molecule has 0 atom stereocenters. The molecule has 25 heavy (non-hydrogen) atoms. The molecule has 1 aromatic carbocycles. The maximum Gasteiger partial charge on any atom is 0.244 e. The van der Waals surface area contributed by atoms with Crippen LogP contribution in [0.2, 0.25) is 5.02 Å². The summed E-state index contributed by atoms with van der Waals surface area (Å²) in [4.78, 5) is 27.6. The monoisotopic (exact) mass is 381 g/mol. The predicted molar refractivity (Wildman–Crippen MR) is 97.8 cm³/mol. The van der Waals surface area contributed by atoms with Gasteiger partial charge in [-0.05, 0) is 44.0 Å². The zero-order valence-electron chi connectivity index (χ0n) is 14.1. The number of hydrazine groups is 1. The fourth-order valence-corrected chi connectivity index (χ4v) is 2.93. The second-order valence-corrected chi connectivity index (χ2v) is 6.99. The van der Waals surface area contributed by atoms with Crippen LogP contribution in [0.1, 0.15) is 29.1 Å². The Bertz CT molecular complexity index is 748. The number of hydrogen-bond donors (Lipinski definition) is 2. The van der Waals surface area contributed by atoms with Gasteiger partial charge in [-0.1, -0.05) is 11.6 Å². The lowest BCUT2D eigenvalue weighted by molar-refractivity contribution is -0.128. The van der Waals surface area contributed by atoms with Gasteiger partial charge in [0.25, 0.3) is 0 Å². The van der Waals surface area contributed by atoms with Crippen molar-refractivity contribution in [2.45, 2.75) is 33.1 Å². The molecule has 0 radical (unpaired) electrons. The molecule has 0 aliphatic rings. The molecule has 0 aliphatic heterocycles. The Balaban J connectivity index is 1.61. The van der Waals surface area contributed by atoms with Crippen LogP contribution in [0.3, 0.4) is 0 Å². The minimum absolute atomic E-state index is 0.142. The van der Waals surface area contributed by atoms with E-state index >= 15 is 0 Å². The molecule has 2 rings (SSSR count). The van der Waals surface area contributed by atoms with Crippen molar-refractivity contribution in [3.63, 3.8) is 0 Å². The maximum atomic E-state index is 11.7. The summed E-state index contributed by atoms with van der Waals surface area (Å²) in [5, 5.41) is 3.39. The molecule has 0 aliphatic carbocycles. The average molecular weight is 382 g/mol. The van der Waals surface area contributed by atoms with Gasteiger partial charge in [-0.15, -0.1) is 11.3 Å². The zero-order chi connectivity index (χ0) is 18.2. The van der Waals surface area contributed by atoms with Gasteiger partial charge in [-0.3, -0.25) is 20.4 Å². The molecule has 2 amide bonds. The van der Waals surface area contributed by atoms with E-state index in [1.54, 1.807) is 12.1 Å². The zero-order valence-corrected chi connectivity index (χ0v) is 15.7. The molecule has 8 heteroatoms. The van der Waals surface area contributed by atoms with Gasteiger partial charge in [-0.2, -0.15) is 0 Å². The molecule has 2 N–H and O–H groups in total. The summed E-state index contributed by atoms with van der Waals surface area (Å²) < 4.78 is 5.62. The van der Waals surface area contributed by atoms with E-state index in [1.165, 1.54) is 11.3 Å². The van der Waals surface area contributed by atoms with Crippen LogP contribution in [-0.2, 0) is 16.0 Å². The fraction of sp³-hybridized carbons (Fsp3) is 0.353. The van der Waals surface area contributed by atoms with Gasteiger partial charge in [0.05, 0.1) is 23.7 Å². The van der Waals surface area contributed by atoms with Gasteiger partial charge in [0.2, 0.25) is 11.8 Å². The third-order valence-electron chi connectivity index (χ3n) is 3.29. The van der Waals surface area contributed by atoms with Gasteiger partial charge in [0, 0.05) is 16.8 Å². The first kappa shape index (κ1) is 19.2. The Morgan fingerprint density at radius 3 is 2.68 bits per heavy atom. The first-order valence-corrected chi connectivity index (χ1v) is 9.07. The summed E-state index contributed by atoms with van der Waals surface area (Å²) in [5.74, 6) is 0.183. The summed E-state index contributed by atoms with van der Waals surface area (Å²) in [6, 6.07) is 5.39. The number of nitrogens with one attached hydrogen (secondary N) is 2. The van der Waals surface area contributed by atoms with E-state index < -0.39 is 0 Å². The van der Waals surface area contributed by atoms with E-state index in [0.29, 0.717) is 23.7 Å². The number of ether oxygens (including phenoxy) is 1. The number of nitrogens with zero attached hydrogens (tertiary/aromatic N) is 1. The topological polar surface area (TPSA) is 80.3 Å². The Hall–Kier alpha value is -2.12. The van der Waals surface area contributed by atoms with Crippen molar-refractivity contribution in [3.05, 3.63) is 44.9 Å². The third kappa shape index (κ3) is 6.72. The molecular formula is C17H20ClN3O3S. The third-order valence-corrected chi connectivity index (χ3v) is 4.35. The van der Waals surface area contributed by atoms with Crippen LogP contribution in [0.5, 0.6) is 5.75 Å². The molecule has 134 valence electrons. The Morgan fingerprint density at radius 1 is 1.24 bits per heavy atom. The molecule has 1 heterocycles.